The molecule has 20 heavy (non-hydrogen) atoms. The molecule has 0 spiro atoms. The Labute approximate surface area is 120 Å². The third kappa shape index (κ3) is 1.57. The van der Waals surface area contributed by atoms with Crippen LogP contribution in [0.15, 0.2) is 0 Å². The van der Waals surface area contributed by atoms with Crippen LogP contribution < -0.4 is 5.73 Å². The lowest BCUT2D eigenvalue weighted by Crippen LogP contribution is -2.82. The quantitative estimate of drug-likeness (QED) is 0.790. The van der Waals surface area contributed by atoms with Crippen molar-refractivity contribution in [3.63, 3.8) is 0 Å². The van der Waals surface area contributed by atoms with Crippen molar-refractivity contribution in [2.45, 2.75) is 57.3 Å². The van der Waals surface area contributed by atoms with Gasteiger partial charge in [0.15, 0.2) is 0 Å². The summed E-state index contributed by atoms with van der Waals surface area (Å²) >= 11 is 0. The Bertz CT molecular complexity index is 431. The number of aliphatic hydroxyl groups is 1. The van der Waals surface area contributed by atoms with Gasteiger partial charge in [-0.25, -0.2) is 0 Å². The van der Waals surface area contributed by atoms with Crippen LogP contribution in [0.5, 0.6) is 0 Å². The van der Waals surface area contributed by atoms with Crippen LogP contribution >= 0.6 is 0 Å². The van der Waals surface area contributed by atoms with E-state index in [1.165, 1.54) is 0 Å². The largest absolute Gasteiger partial charge is 0.386 e. The highest BCUT2D eigenvalue weighted by atomic mass is 16.5. The molecule has 2 saturated heterocycles. The summed E-state index contributed by atoms with van der Waals surface area (Å²) in [6.07, 6.45) is 2.64. The van der Waals surface area contributed by atoms with Crippen molar-refractivity contribution in [3.05, 3.63) is 0 Å². The molecule has 0 aromatic heterocycles. The summed E-state index contributed by atoms with van der Waals surface area (Å²) in [5, 5.41) is 10.2. The van der Waals surface area contributed by atoms with Crippen molar-refractivity contribution in [3.8, 4) is 0 Å². The molecule has 3 atom stereocenters. The van der Waals surface area contributed by atoms with E-state index in [1.54, 1.807) is 4.90 Å². The number of fused-ring (bicyclic) bond motifs is 1. The molecular formula is C15H26N2O3. The van der Waals surface area contributed by atoms with Crippen molar-refractivity contribution in [2.24, 2.45) is 17.1 Å². The van der Waals surface area contributed by atoms with E-state index >= 15 is 0 Å². The fraction of sp³-hybridized carbons (Fsp3) is 0.933. The lowest BCUT2D eigenvalue weighted by atomic mass is 9.47. The fourth-order valence-corrected chi connectivity index (χ4v) is 4.51. The van der Waals surface area contributed by atoms with Gasteiger partial charge in [-0.3, -0.25) is 4.79 Å². The number of β-amino-alcohol motifs (C(OH)–C–C–N with tert-alkyl or cyclic N) is 1. The van der Waals surface area contributed by atoms with Crippen molar-refractivity contribution < 1.29 is 14.6 Å². The van der Waals surface area contributed by atoms with Crippen LogP contribution in [0.4, 0.5) is 0 Å². The number of ether oxygens (including phenoxy) is 1. The molecule has 0 aromatic carbocycles. The second-order valence-electron chi connectivity index (χ2n) is 7.41. The molecule has 3 aliphatic rings. The SMILES string of the molecule is CCCC1(O)CN(C(=O)C2(N)C3CCOC3C2(C)C)C1. The molecule has 0 aromatic rings. The third-order valence-electron chi connectivity index (χ3n) is 5.78. The molecule has 0 bridgehead atoms. The molecular weight excluding hydrogens is 256 g/mol. The number of amides is 1. The number of hydrogen-bond donors (Lipinski definition) is 2. The van der Waals surface area contributed by atoms with Crippen molar-refractivity contribution >= 4 is 5.91 Å². The maximum absolute atomic E-state index is 12.8. The van der Waals surface area contributed by atoms with Crippen LogP contribution in [-0.4, -0.2) is 52.9 Å². The first-order valence-corrected chi connectivity index (χ1v) is 7.68. The van der Waals surface area contributed by atoms with Crippen LogP contribution in [0.1, 0.15) is 40.0 Å². The van der Waals surface area contributed by atoms with Gasteiger partial charge in [-0.1, -0.05) is 27.2 Å². The normalized spacial score (nSPS) is 40.8. The first-order chi connectivity index (χ1) is 9.26. The van der Waals surface area contributed by atoms with E-state index in [-0.39, 0.29) is 23.3 Å². The number of hydrogen-bond acceptors (Lipinski definition) is 4. The number of nitrogens with two attached hydrogens (primary N) is 1. The predicted octanol–water partition coefficient (Wildman–Crippen LogP) is 0.502. The average molecular weight is 282 g/mol. The highest BCUT2D eigenvalue weighted by Gasteiger charge is 2.72. The lowest BCUT2D eigenvalue weighted by Gasteiger charge is -2.63. The van der Waals surface area contributed by atoms with Gasteiger partial charge in [0, 0.05) is 17.9 Å². The van der Waals surface area contributed by atoms with Gasteiger partial charge in [0.2, 0.25) is 5.91 Å². The molecule has 3 fully saturated rings. The number of nitrogens with zero attached hydrogens (tertiary/aromatic N) is 1. The molecule has 114 valence electrons. The van der Waals surface area contributed by atoms with Crippen molar-refractivity contribution in [1.29, 1.82) is 0 Å². The summed E-state index contributed by atoms with van der Waals surface area (Å²) < 4.78 is 5.72. The smallest absolute Gasteiger partial charge is 0.243 e. The highest BCUT2D eigenvalue weighted by molar-refractivity contribution is 5.90. The average Bonchev–Trinajstić information content (AvgIpc) is 2.82. The van der Waals surface area contributed by atoms with E-state index in [1.807, 2.05) is 20.8 Å². The van der Waals surface area contributed by atoms with E-state index in [2.05, 4.69) is 0 Å². The number of carbonyl (C=O) groups excluding carboxylic acids is 1. The van der Waals surface area contributed by atoms with Gasteiger partial charge in [0.25, 0.3) is 0 Å². The van der Waals surface area contributed by atoms with Gasteiger partial charge in [-0.2, -0.15) is 0 Å². The molecule has 2 aliphatic heterocycles. The Morgan fingerprint density at radius 2 is 2.10 bits per heavy atom. The Morgan fingerprint density at radius 3 is 2.70 bits per heavy atom. The second-order valence-corrected chi connectivity index (χ2v) is 7.41. The monoisotopic (exact) mass is 282 g/mol. The predicted molar refractivity (Wildman–Crippen MR) is 75.0 cm³/mol. The maximum Gasteiger partial charge on any atom is 0.243 e. The summed E-state index contributed by atoms with van der Waals surface area (Å²) in [5.74, 6) is 0.125. The van der Waals surface area contributed by atoms with E-state index in [4.69, 9.17) is 10.5 Å². The van der Waals surface area contributed by atoms with E-state index < -0.39 is 11.1 Å². The molecule has 3 N–H and O–H groups in total. The molecule has 1 amide bonds. The molecule has 3 rings (SSSR count). The summed E-state index contributed by atoms with van der Waals surface area (Å²) in [6, 6.07) is 0. The topological polar surface area (TPSA) is 75.8 Å². The third-order valence-corrected chi connectivity index (χ3v) is 5.78. The van der Waals surface area contributed by atoms with Gasteiger partial charge in [0.1, 0.15) is 5.54 Å². The van der Waals surface area contributed by atoms with Crippen LogP contribution in [0, 0.1) is 11.3 Å². The zero-order valence-electron chi connectivity index (χ0n) is 12.7. The molecule has 3 unspecified atom stereocenters. The molecule has 0 radical (unpaired) electrons. The van der Waals surface area contributed by atoms with Gasteiger partial charge < -0.3 is 20.5 Å². The van der Waals surface area contributed by atoms with Gasteiger partial charge in [0.05, 0.1) is 24.8 Å². The van der Waals surface area contributed by atoms with Crippen LogP contribution in [0.3, 0.4) is 0 Å². The highest BCUT2D eigenvalue weighted by Crippen LogP contribution is 2.59. The number of carbonyl (C=O) groups is 1. The molecule has 2 heterocycles. The van der Waals surface area contributed by atoms with E-state index in [0.29, 0.717) is 19.7 Å². The second kappa shape index (κ2) is 4.18. The van der Waals surface area contributed by atoms with E-state index in [9.17, 15) is 9.90 Å². The minimum Gasteiger partial charge on any atom is -0.386 e. The van der Waals surface area contributed by atoms with Crippen LogP contribution in [0.2, 0.25) is 0 Å². The number of rotatable bonds is 3. The summed E-state index contributed by atoms with van der Waals surface area (Å²) in [6.45, 7) is 7.64. The summed E-state index contributed by atoms with van der Waals surface area (Å²) in [4.78, 5) is 14.5. The zero-order chi connectivity index (χ0) is 14.8. The number of likely N-dealkylation sites (tertiary alicyclic amines) is 1. The molecule has 1 aliphatic carbocycles. The minimum atomic E-state index is -0.832. The van der Waals surface area contributed by atoms with Crippen LogP contribution in [-0.2, 0) is 9.53 Å². The summed E-state index contributed by atoms with van der Waals surface area (Å²) in [5.41, 5.74) is 4.67. The molecule has 5 heteroatoms. The standard InChI is InChI=1S/C15H26N2O3/c1-4-6-14(19)8-17(9-14)12(18)15(16)10-5-7-20-11(10)13(15,2)3/h10-11,19H,4-9,16H2,1-3H3. The Kier molecular flexibility index (Phi) is 2.99. The molecule has 1 saturated carbocycles. The fourth-order valence-electron chi connectivity index (χ4n) is 4.51. The zero-order valence-corrected chi connectivity index (χ0v) is 12.7. The minimum absolute atomic E-state index is 0.00460. The lowest BCUT2D eigenvalue weighted by molar-refractivity contribution is -0.199. The first-order valence-electron chi connectivity index (χ1n) is 7.68. The Morgan fingerprint density at radius 1 is 1.45 bits per heavy atom. The Balaban J connectivity index is 1.72. The maximum atomic E-state index is 12.8. The van der Waals surface area contributed by atoms with Gasteiger partial charge in [-0.05, 0) is 12.8 Å². The van der Waals surface area contributed by atoms with Crippen molar-refractivity contribution in [2.75, 3.05) is 19.7 Å². The van der Waals surface area contributed by atoms with Gasteiger partial charge >= 0.3 is 0 Å². The first kappa shape index (κ1) is 14.3. The summed E-state index contributed by atoms with van der Waals surface area (Å²) in [7, 11) is 0. The van der Waals surface area contributed by atoms with Gasteiger partial charge in [-0.15, -0.1) is 0 Å². The van der Waals surface area contributed by atoms with E-state index in [0.717, 1.165) is 19.3 Å². The van der Waals surface area contributed by atoms with Crippen molar-refractivity contribution in [1.82, 2.24) is 4.90 Å². The molecule has 5 nitrogen and oxygen atoms in total. The van der Waals surface area contributed by atoms with Crippen LogP contribution in [0.25, 0.3) is 0 Å². The Hall–Kier alpha value is -0.650.